The Balaban J connectivity index is 1.89. The molecule has 2 aromatic carbocycles. The van der Waals surface area contributed by atoms with Crippen molar-refractivity contribution in [2.75, 3.05) is 6.26 Å². The van der Waals surface area contributed by atoms with Gasteiger partial charge in [0.1, 0.15) is 5.82 Å². The SMILES string of the molecule is CC(c1ccc(F)cc1)(c1c[nH]c2c(CS(C)(=O)=O)cccc12)C1CC1. The number of H-pyrrole nitrogens is 1. The Morgan fingerprint density at radius 3 is 2.46 bits per heavy atom. The van der Waals surface area contributed by atoms with Gasteiger partial charge in [0.05, 0.1) is 5.75 Å². The summed E-state index contributed by atoms with van der Waals surface area (Å²) >= 11 is 0. The molecule has 3 nitrogen and oxygen atoms in total. The molecule has 4 rings (SSSR count). The molecule has 1 N–H and O–H groups in total. The minimum atomic E-state index is -3.12. The fourth-order valence-corrected chi connectivity index (χ4v) is 4.92. The van der Waals surface area contributed by atoms with E-state index in [0.717, 1.165) is 40.4 Å². The number of aromatic nitrogens is 1. The van der Waals surface area contributed by atoms with Crippen molar-refractivity contribution in [3.05, 3.63) is 71.2 Å². The van der Waals surface area contributed by atoms with Crippen LogP contribution in [0.5, 0.6) is 0 Å². The monoisotopic (exact) mass is 371 g/mol. The van der Waals surface area contributed by atoms with Gasteiger partial charge in [0, 0.05) is 28.8 Å². The second kappa shape index (κ2) is 5.95. The van der Waals surface area contributed by atoms with Gasteiger partial charge in [-0.15, -0.1) is 0 Å². The van der Waals surface area contributed by atoms with E-state index < -0.39 is 9.84 Å². The number of para-hydroxylation sites is 1. The van der Waals surface area contributed by atoms with Crippen molar-refractivity contribution >= 4 is 20.7 Å². The van der Waals surface area contributed by atoms with Crippen molar-refractivity contribution in [3.8, 4) is 0 Å². The Morgan fingerprint density at radius 2 is 1.85 bits per heavy atom. The summed E-state index contributed by atoms with van der Waals surface area (Å²) in [7, 11) is -3.12. The molecule has 1 saturated carbocycles. The standard InChI is InChI=1S/C21H22FNO2S/c1-21(15-6-7-15,16-8-10-17(22)11-9-16)19-12-23-20-14(13-26(2,24)25)4-3-5-18(19)20/h3-5,8-12,15,23H,6-7,13H2,1-2H3. The first-order chi connectivity index (χ1) is 12.3. The van der Waals surface area contributed by atoms with Gasteiger partial charge in [-0.05, 0) is 47.6 Å². The smallest absolute Gasteiger partial charge is 0.151 e. The van der Waals surface area contributed by atoms with Crippen molar-refractivity contribution in [1.29, 1.82) is 0 Å². The fourth-order valence-electron chi connectivity index (χ4n) is 4.12. The lowest BCUT2D eigenvalue weighted by Gasteiger charge is -2.30. The molecular formula is C21H22FNO2S. The topological polar surface area (TPSA) is 49.9 Å². The summed E-state index contributed by atoms with van der Waals surface area (Å²) in [5, 5.41) is 1.05. The van der Waals surface area contributed by atoms with E-state index in [1.165, 1.54) is 18.4 Å². The lowest BCUT2D eigenvalue weighted by atomic mass is 9.72. The van der Waals surface area contributed by atoms with Crippen LogP contribution in [0.15, 0.2) is 48.7 Å². The summed E-state index contributed by atoms with van der Waals surface area (Å²) in [5.41, 5.74) is 3.68. The third kappa shape index (κ3) is 2.94. The van der Waals surface area contributed by atoms with Gasteiger partial charge in [0.15, 0.2) is 9.84 Å². The van der Waals surface area contributed by atoms with Crippen LogP contribution in [0.3, 0.4) is 0 Å². The number of halogens is 1. The zero-order valence-electron chi connectivity index (χ0n) is 14.9. The predicted molar refractivity (Wildman–Crippen MR) is 102 cm³/mol. The average Bonchev–Trinajstić information content (AvgIpc) is 3.33. The Labute approximate surface area is 153 Å². The van der Waals surface area contributed by atoms with Gasteiger partial charge in [-0.3, -0.25) is 0 Å². The first-order valence-electron chi connectivity index (χ1n) is 8.82. The maximum Gasteiger partial charge on any atom is 0.151 e. The number of fused-ring (bicyclic) bond motifs is 1. The van der Waals surface area contributed by atoms with Gasteiger partial charge in [0.25, 0.3) is 0 Å². The summed E-state index contributed by atoms with van der Waals surface area (Å²) < 4.78 is 37.0. The normalized spacial score (nSPS) is 17.3. The van der Waals surface area contributed by atoms with E-state index in [1.807, 2.05) is 36.5 Å². The Morgan fingerprint density at radius 1 is 1.15 bits per heavy atom. The minimum absolute atomic E-state index is 0.0149. The zero-order chi connectivity index (χ0) is 18.5. The van der Waals surface area contributed by atoms with Crippen LogP contribution in [0.2, 0.25) is 0 Å². The van der Waals surface area contributed by atoms with E-state index in [4.69, 9.17) is 0 Å². The van der Waals surface area contributed by atoms with Gasteiger partial charge in [-0.2, -0.15) is 0 Å². The Hall–Kier alpha value is -2.14. The Bertz CT molecular complexity index is 1070. The molecular weight excluding hydrogens is 349 g/mol. The fraction of sp³-hybridized carbons (Fsp3) is 0.333. The largest absolute Gasteiger partial charge is 0.361 e. The van der Waals surface area contributed by atoms with Gasteiger partial charge in [-0.25, -0.2) is 12.8 Å². The molecule has 26 heavy (non-hydrogen) atoms. The molecule has 0 aliphatic heterocycles. The average molecular weight is 371 g/mol. The van der Waals surface area contributed by atoms with Crippen LogP contribution in [0, 0.1) is 11.7 Å². The van der Waals surface area contributed by atoms with E-state index in [1.54, 1.807) is 0 Å². The summed E-state index contributed by atoms with van der Waals surface area (Å²) in [6.45, 7) is 2.21. The molecule has 3 aromatic rings. The molecule has 1 unspecified atom stereocenters. The van der Waals surface area contributed by atoms with Crippen LogP contribution in [-0.2, 0) is 21.0 Å². The van der Waals surface area contributed by atoms with Crippen molar-refractivity contribution in [1.82, 2.24) is 4.98 Å². The molecule has 1 aliphatic carbocycles. The second-order valence-electron chi connectivity index (χ2n) is 7.60. The minimum Gasteiger partial charge on any atom is -0.361 e. The highest BCUT2D eigenvalue weighted by atomic mass is 32.2. The lowest BCUT2D eigenvalue weighted by Crippen LogP contribution is -2.26. The van der Waals surface area contributed by atoms with Crippen LogP contribution >= 0.6 is 0 Å². The molecule has 0 saturated heterocycles. The van der Waals surface area contributed by atoms with Gasteiger partial charge < -0.3 is 4.98 Å². The molecule has 1 atom stereocenters. The quantitative estimate of drug-likeness (QED) is 0.714. The van der Waals surface area contributed by atoms with Crippen molar-refractivity contribution in [2.45, 2.75) is 30.9 Å². The molecule has 0 bridgehead atoms. The molecule has 0 spiro atoms. The highest BCUT2D eigenvalue weighted by Crippen LogP contribution is 2.52. The number of nitrogens with one attached hydrogen (secondary N) is 1. The van der Waals surface area contributed by atoms with Crippen LogP contribution in [-0.4, -0.2) is 19.7 Å². The van der Waals surface area contributed by atoms with Gasteiger partial charge in [0.2, 0.25) is 0 Å². The van der Waals surface area contributed by atoms with Crippen molar-refractivity contribution in [2.24, 2.45) is 5.92 Å². The molecule has 0 radical (unpaired) electrons. The zero-order valence-corrected chi connectivity index (χ0v) is 15.7. The first-order valence-corrected chi connectivity index (χ1v) is 10.9. The lowest BCUT2D eigenvalue weighted by molar-refractivity contribution is 0.497. The van der Waals surface area contributed by atoms with Crippen molar-refractivity contribution in [3.63, 3.8) is 0 Å². The number of benzene rings is 2. The van der Waals surface area contributed by atoms with E-state index in [2.05, 4.69) is 11.9 Å². The van der Waals surface area contributed by atoms with Crippen LogP contribution in [0.4, 0.5) is 4.39 Å². The molecule has 1 fully saturated rings. The molecule has 5 heteroatoms. The summed E-state index contributed by atoms with van der Waals surface area (Å²) in [6.07, 6.45) is 5.54. The van der Waals surface area contributed by atoms with E-state index >= 15 is 0 Å². The van der Waals surface area contributed by atoms with Gasteiger partial charge in [-0.1, -0.05) is 37.3 Å². The molecule has 1 heterocycles. The summed E-state index contributed by atoms with van der Waals surface area (Å²) in [6, 6.07) is 12.6. The number of rotatable bonds is 5. The molecule has 0 amide bonds. The van der Waals surface area contributed by atoms with Crippen molar-refractivity contribution < 1.29 is 12.8 Å². The van der Waals surface area contributed by atoms with Gasteiger partial charge >= 0.3 is 0 Å². The second-order valence-corrected chi connectivity index (χ2v) is 9.74. The third-order valence-electron chi connectivity index (χ3n) is 5.62. The van der Waals surface area contributed by atoms with E-state index in [-0.39, 0.29) is 17.0 Å². The molecule has 1 aliphatic rings. The highest BCUT2D eigenvalue weighted by Gasteiger charge is 2.45. The number of hydrogen-bond acceptors (Lipinski definition) is 2. The maximum absolute atomic E-state index is 13.4. The predicted octanol–water partition coefficient (Wildman–Crippen LogP) is 4.57. The van der Waals surface area contributed by atoms with Crippen LogP contribution in [0.25, 0.3) is 10.9 Å². The number of aromatic amines is 1. The summed E-state index contributed by atoms with van der Waals surface area (Å²) in [4.78, 5) is 3.31. The van der Waals surface area contributed by atoms with E-state index in [0.29, 0.717) is 5.92 Å². The van der Waals surface area contributed by atoms with Crippen LogP contribution < -0.4 is 0 Å². The van der Waals surface area contributed by atoms with E-state index in [9.17, 15) is 12.8 Å². The number of sulfone groups is 1. The van der Waals surface area contributed by atoms with Crippen LogP contribution in [0.1, 0.15) is 36.5 Å². The Kier molecular flexibility index (Phi) is 3.95. The third-order valence-corrected chi connectivity index (χ3v) is 6.45. The summed E-state index contributed by atoms with van der Waals surface area (Å²) in [5.74, 6) is 0.285. The number of hydrogen-bond donors (Lipinski definition) is 1. The maximum atomic E-state index is 13.4. The molecule has 1 aromatic heterocycles. The highest BCUT2D eigenvalue weighted by molar-refractivity contribution is 7.89. The molecule has 136 valence electrons. The first kappa shape index (κ1) is 17.3.